The summed E-state index contributed by atoms with van der Waals surface area (Å²) in [6.45, 7) is 3.24. The number of methoxy groups -OCH3 is 1. The maximum Gasteiger partial charge on any atom is 0.231 e. The lowest BCUT2D eigenvalue weighted by Gasteiger charge is -2.45. The van der Waals surface area contributed by atoms with Gasteiger partial charge in [-0.2, -0.15) is 15.8 Å². The molecule has 2 atom stereocenters. The van der Waals surface area contributed by atoms with E-state index in [1.165, 1.54) is 7.11 Å². The van der Waals surface area contributed by atoms with E-state index < -0.39 is 11.3 Å². The molecular formula is C23H25N5O4. The molecule has 4 rings (SSSR count). The van der Waals surface area contributed by atoms with Gasteiger partial charge in [0.15, 0.2) is 16.9 Å². The molecule has 32 heavy (non-hydrogen) atoms. The number of rotatable bonds is 2. The lowest BCUT2D eigenvalue weighted by molar-refractivity contribution is 0.171. The molecule has 0 saturated heterocycles. The Kier molecular flexibility index (Phi) is 6.60. The van der Waals surface area contributed by atoms with E-state index in [4.69, 9.17) is 25.1 Å². The van der Waals surface area contributed by atoms with Gasteiger partial charge < -0.3 is 30.0 Å². The van der Waals surface area contributed by atoms with Gasteiger partial charge in [0.05, 0.1) is 30.5 Å². The number of nitrogens with zero attached hydrogens (tertiary/aromatic N) is 4. The minimum Gasteiger partial charge on any atom is -0.493 e. The van der Waals surface area contributed by atoms with Crippen LogP contribution in [-0.2, 0) is 0 Å². The fourth-order valence-corrected chi connectivity index (χ4v) is 4.53. The molecule has 1 aliphatic carbocycles. The molecule has 2 aliphatic heterocycles. The van der Waals surface area contributed by atoms with Crippen molar-refractivity contribution < 1.29 is 19.3 Å². The van der Waals surface area contributed by atoms with Crippen LogP contribution in [0.1, 0.15) is 18.4 Å². The van der Waals surface area contributed by atoms with Gasteiger partial charge in [-0.25, -0.2) is 0 Å². The van der Waals surface area contributed by atoms with Crippen molar-refractivity contribution in [2.45, 2.75) is 12.8 Å². The van der Waals surface area contributed by atoms with Crippen molar-refractivity contribution in [2.75, 3.05) is 40.6 Å². The van der Waals surface area contributed by atoms with Crippen molar-refractivity contribution in [3.8, 4) is 35.5 Å². The van der Waals surface area contributed by atoms with Gasteiger partial charge in [0, 0.05) is 31.5 Å². The number of nitriles is 3. The van der Waals surface area contributed by atoms with Gasteiger partial charge in [-0.15, -0.1) is 0 Å². The van der Waals surface area contributed by atoms with Gasteiger partial charge in [-0.1, -0.05) is 6.08 Å². The molecule has 1 aromatic rings. The van der Waals surface area contributed by atoms with Gasteiger partial charge in [0.2, 0.25) is 12.5 Å². The van der Waals surface area contributed by atoms with Crippen molar-refractivity contribution in [1.82, 2.24) is 4.90 Å². The van der Waals surface area contributed by atoms with Crippen LogP contribution in [0.15, 0.2) is 35.1 Å². The summed E-state index contributed by atoms with van der Waals surface area (Å²) < 4.78 is 16.5. The summed E-state index contributed by atoms with van der Waals surface area (Å²) in [7, 11) is 3.48. The van der Waals surface area contributed by atoms with E-state index in [0.717, 1.165) is 5.57 Å². The molecule has 0 fully saturated rings. The quantitative estimate of drug-likeness (QED) is 0.709. The molecule has 0 radical (unpaired) electrons. The van der Waals surface area contributed by atoms with E-state index >= 15 is 0 Å². The summed E-state index contributed by atoms with van der Waals surface area (Å²) in [5.41, 5.74) is 6.32. The van der Waals surface area contributed by atoms with Crippen LogP contribution in [-0.4, -0.2) is 50.7 Å². The Morgan fingerprint density at radius 2 is 1.97 bits per heavy atom. The first-order chi connectivity index (χ1) is 15.4. The molecule has 0 bridgehead atoms. The average molecular weight is 435 g/mol. The number of ether oxygens (including phenoxy) is 3. The minimum absolute atomic E-state index is 0.00122. The highest BCUT2D eigenvalue weighted by atomic mass is 16.7. The summed E-state index contributed by atoms with van der Waals surface area (Å²) in [5, 5.41) is 37.5. The Morgan fingerprint density at radius 1 is 1.28 bits per heavy atom. The van der Waals surface area contributed by atoms with E-state index in [1.807, 2.05) is 13.1 Å². The molecule has 9 nitrogen and oxygen atoms in total. The summed E-state index contributed by atoms with van der Waals surface area (Å²) >= 11 is 0. The Balaban J connectivity index is 0.000000913. The molecule has 2 heterocycles. The minimum atomic E-state index is -1.69. The molecule has 1 aromatic carbocycles. The van der Waals surface area contributed by atoms with Crippen molar-refractivity contribution in [2.24, 2.45) is 17.1 Å². The predicted octanol–water partition coefficient (Wildman–Crippen LogP) is 1.78. The summed E-state index contributed by atoms with van der Waals surface area (Å²) in [5.74, 6) is 0.576. The molecular weight excluding hydrogens is 410 g/mol. The predicted molar refractivity (Wildman–Crippen MR) is 114 cm³/mol. The van der Waals surface area contributed by atoms with Crippen LogP contribution in [0.2, 0.25) is 0 Å². The van der Waals surface area contributed by atoms with Gasteiger partial charge in [-0.05, 0) is 37.2 Å². The fraction of sp³-hybridized carbons (Fsp3) is 0.435. The third kappa shape index (κ3) is 3.50. The zero-order valence-corrected chi connectivity index (χ0v) is 18.3. The topological polar surface area (TPSA) is 149 Å². The largest absolute Gasteiger partial charge is 0.493 e. The molecule has 2 unspecified atom stereocenters. The fourth-order valence-electron chi connectivity index (χ4n) is 4.53. The number of fused-ring (bicyclic) bond motifs is 2. The SMILES string of the molecule is CCO.COc1cc(C2C3CN(C)CC=C3C(C#N)=C(N)C2(C#N)C#N)cc2c1OCO2. The van der Waals surface area contributed by atoms with Crippen LogP contribution in [0.4, 0.5) is 0 Å². The van der Waals surface area contributed by atoms with E-state index in [-0.39, 0.29) is 30.6 Å². The highest BCUT2D eigenvalue weighted by Gasteiger charge is 2.54. The van der Waals surface area contributed by atoms with Crippen LogP contribution in [0, 0.1) is 45.3 Å². The number of aliphatic hydroxyl groups excluding tert-OH is 1. The summed E-state index contributed by atoms with van der Waals surface area (Å²) in [6, 6.07) is 9.92. The first kappa shape index (κ1) is 23.0. The highest BCUT2D eigenvalue weighted by Crippen LogP contribution is 2.56. The smallest absolute Gasteiger partial charge is 0.231 e. The molecule has 0 aromatic heterocycles. The number of hydrogen-bond acceptors (Lipinski definition) is 9. The zero-order valence-electron chi connectivity index (χ0n) is 18.3. The Labute approximate surface area is 187 Å². The van der Waals surface area contributed by atoms with Crippen molar-refractivity contribution in [3.05, 3.63) is 40.6 Å². The molecule has 166 valence electrons. The monoisotopic (exact) mass is 435 g/mol. The molecule has 3 N–H and O–H groups in total. The van der Waals surface area contributed by atoms with E-state index in [0.29, 0.717) is 35.9 Å². The van der Waals surface area contributed by atoms with Crippen molar-refractivity contribution in [3.63, 3.8) is 0 Å². The lowest BCUT2D eigenvalue weighted by Crippen LogP contribution is -2.47. The molecule has 0 amide bonds. The third-order valence-corrected chi connectivity index (χ3v) is 5.89. The zero-order chi connectivity index (χ0) is 23.5. The number of allylic oxidation sites excluding steroid dienone is 2. The summed E-state index contributed by atoms with van der Waals surface area (Å²) in [6.07, 6.45) is 1.95. The second kappa shape index (κ2) is 9.20. The van der Waals surface area contributed by atoms with Crippen LogP contribution in [0.25, 0.3) is 0 Å². The second-order valence-electron chi connectivity index (χ2n) is 7.67. The Hall–Kier alpha value is -3.71. The van der Waals surface area contributed by atoms with Gasteiger partial charge in [0.25, 0.3) is 0 Å². The van der Waals surface area contributed by atoms with Gasteiger partial charge in [-0.3, -0.25) is 0 Å². The number of benzene rings is 1. The maximum absolute atomic E-state index is 10.1. The first-order valence-electron chi connectivity index (χ1n) is 10.1. The molecule has 0 saturated carbocycles. The number of aliphatic hydroxyl groups is 1. The van der Waals surface area contributed by atoms with Crippen molar-refractivity contribution >= 4 is 0 Å². The third-order valence-electron chi connectivity index (χ3n) is 5.89. The summed E-state index contributed by atoms with van der Waals surface area (Å²) in [4.78, 5) is 2.08. The van der Waals surface area contributed by atoms with E-state index in [1.54, 1.807) is 19.1 Å². The van der Waals surface area contributed by atoms with Gasteiger partial charge in [0.1, 0.15) is 6.07 Å². The second-order valence-corrected chi connectivity index (χ2v) is 7.67. The highest BCUT2D eigenvalue weighted by molar-refractivity contribution is 5.62. The molecule has 3 aliphatic rings. The standard InChI is InChI=1S/C21H19N5O3.C2H6O/c1-26-4-3-13-14(7-22)20(25)21(9-23,10-24)18(15(13)8-26)12-5-16(27-2)19-17(6-12)28-11-29-19;1-2-3/h3,5-6,15,18H,4,8,11,25H2,1-2H3;3H,2H2,1H3. The molecule has 0 spiro atoms. The Morgan fingerprint density at radius 3 is 2.56 bits per heavy atom. The van der Waals surface area contributed by atoms with Crippen LogP contribution in [0.3, 0.4) is 0 Å². The first-order valence-corrected chi connectivity index (χ1v) is 10.1. The van der Waals surface area contributed by atoms with Crippen LogP contribution < -0.4 is 19.9 Å². The number of hydrogen-bond donors (Lipinski definition) is 2. The number of nitrogens with two attached hydrogens (primary N) is 1. The van der Waals surface area contributed by atoms with Crippen LogP contribution in [0.5, 0.6) is 17.2 Å². The Bertz CT molecular complexity index is 1080. The molecule has 9 heteroatoms. The van der Waals surface area contributed by atoms with E-state index in [2.05, 4.69) is 23.1 Å². The van der Waals surface area contributed by atoms with Crippen molar-refractivity contribution in [1.29, 1.82) is 15.8 Å². The average Bonchev–Trinajstić information content (AvgIpc) is 3.27. The lowest BCUT2D eigenvalue weighted by atomic mass is 9.58. The van der Waals surface area contributed by atoms with Crippen LogP contribution >= 0.6 is 0 Å². The van der Waals surface area contributed by atoms with Gasteiger partial charge >= 0.3 is 0 Å². The van der Waals surface area contributed by atoms with E-state index in [9.17, 15) is 15.8 Å². The maximum atomic E-state index is 10.1. The normalized spacial score (nSPS) is 22.8. The number of likely N-dealkylation sites (N-methyl/N-ethyl adjacent to an activating group) is 1.